The number of carbonyl (C=O) groups excluding carboxylic acids is 1. The Labute approximate surface area is 124 Å². The summed E-state index contributed by atoms with van der Waals surface area (Å²) in [6.07, 6.45) is -0.662. The molecule has 2 rings (SSSR count). The third-order valence-corrected chi connectivity index (χ3v) is 3.11. The standard InChI is InChI=1S/C15H22N2O4/c1-10(2)16-7-11-4-5-13(19-3)14(6-11)20-9-12-8-17-15(18)21-12/h4-6,10,12,16H,7-9H2,1-3H3,(H,17,18). The monoisotopic (exact) mass is 294 g/mol. The van der Waals surface area contributed by atoms with Crippen molar-refractivity contribution in [1.82, 2.24) is 10.6 Å². The van der Waals surface area contributed by atoms with Crippen molar-refractivity contribution in [2.45, 2.75) is 32.5 Å². The summed E-state index contributed by atoms with van der Waals surface area (Å²) in [6, 6.07) is 6.24. The van der Waals surface area contributed by atoms with Gasteiger partial charge in [0.2, 0.25) is 0 Å². The van der Waals surface area contributed by atoms with Gasteiger partial charge in [0.15, 0.2) is 17.6 Å². The van der Waals surface area contributed by atoms with Crippen molar-refractivity contribution in [3.63, 3.8) is 0 Å². The Balaban J connectivity index is 1.98. The Kier molecular flexibility index (Phi) is 5.27. The van der Waals surface area contributed by atoms with Gasteiger partial charge in [-0.15, -0.1) is 0 Å². The smallest absolute Gasteiger partial charge is 0.407 e. The molecule has 1 aliphatic heterocycles. The number of methoxy groups -OCH3 is 1. The lowest BCUT2D eigenvalue weighted by molar-refractivity contribution is 0.103. The molecule has 1 amide bonds. The van der Waals surface area contributed by atoms with E-state index in [1.807, 2.05) is 18.2 Å². The highest BCUT2D eigenvalue weighted by Gasteiger charge is 2.23. The van der Waals surface area contributed by atoms with E-state index < -0.39 is 6.09 Å². The second-order valence-corrected chi connectivity index (χ2v) is 5.24. The Morgan fingerprint density at radius 2 is 2.24 bits per heavy atom. The molecule has 1 fully saturated rings. The van der Waals surface area contributed by atoms with Crippen LogP contribution in [0.1, 0.15) is 19.4 Å². The summed E-state index contributed by atoms with van der Waals surface area (Å²) < 4.78 is 16.1. The maximum atomic E-state index is 11.0. The molecule has 6 heteroatoms. The topological polar surface area (TPSA) is 68.8 Å². The normalized spacial score (nSPS) is 17.5. The zero-order valence-electron chi connectivity index (χ0n) is 12.6. The molecule has 2 N–H and O–H groups in total. The minimum Gasteiger partial charge on any atom is -0.493 e. The van der Waals surface area contributed by atoms with Crippen LogP contribution in [0.2, 0.25) is 0 Å². The molecule has 1 unspecified atom stereocenters. The number of nitrogens with one attached hydrogen (secondary N) is 2. The molecule has 0 aliphatic carbocycles. The Bertz CT molecular complexity index is 491. The lowest BCUT2D eigenvalue weighted by atomic mass is 10.2. The molecular weight excluding hydrogens is 272 g/mol. The van der Waals surface area contributed by atoms with Crippen LogP contribution >= 0.6 is 0 Å². The molecule has 0 spiro atoms. The summed E-state index contributed by atoms with van der Waals surface area (Å²) in [5.41, 5.74) is 1.11. The number of amides is 1. The van der Waals surface area contributed by atoms with Gasteiger partial charge in [-0.2, -0.15) is 0 Å². The summed E-state index contributed by atoms with van der Waals surface area (Å²) in [5.74, 6) is 1.32. The summed E-state index contributed by atoms with van der Waals surface area (Å²) in [4.78, 5) is 11.0. The molecule has 0 bridgehead atoms. The van der Waals surface area contributed by atoms with E-state index in [2.05, 4.69) is 24.5 Å². The largest absolute Gasteiger partial charge is 0.493 e. The minimum atomic E-state index is -0.398. The summed E-state index contributed by atoms with van der Waals surface area (Å²) >= 11 is 0. The fraction of sp³-hybridized carbons (Fsp3) is 0.533. The molecule has 116 valence electrons. The third kappa shape index (κ3) is 4.53. The van der Waals surface area contributed by atoms with Gasteiger partial charge in [0.1, 0.15) is 6.61 Å². The van der Waals surface area contributed by atoms with Gasteiger partial charge in [-0.05, 0) is 17.7 Å². The second-order valence-electron chi connectivity index (χ2n) is 5.24. The predicted octanol–water partition coefficient (Wildman–Crippen LogP) is 1.68. The molecular formula is C15H22N2O4. The summed E-state index contributed by atoms with van der Waals surface area (Å²) in [7, 11) is 1.60. The Hall–Kier alpha value is -1.95. The number of benzene rings is 1. The average molecular weight is 294 g/mol. The zero-order chi connectivity index (χ0) is 15.2. The van der Waals surface area contributed by atoms with Crippen LogP contribution in [0.25, 0.3) is 0 Å². The van der Waals surface area contributed by atoms with E-state index in [0.717, 1.165) is 12.1 Å². The number of cyclic esters (lactones) is 1. The third-order valence-electron chi connectivity index (χ3n) is 3.11. The van der Waals surface area contributed by atoms with Crippen LogP contribution in [0.3, 0.4) is 0 Å². The maximum absolute atomic E-state index is 11.0. The van der Waals surface area contributed by atoms with Crippen LogP contribution in [0.4, 0.5) is 4.79 Å². The molecule has 1 aromatic rings. The van der Waals surface area contributed by atoms with Crippen molar-refractivity contribution in [3.8, 4) is 11.5 Å². The van der Waals surface area contributed by atoms with E-state index in [1.54, 1.807) is 7.11 Å². The van der Waals surface area contributed by atoms with Crippen molar-refractivity contribution >= 4 is 6.09 Å². The predicted molar refractivity (Wildman–Crippen MR) is 78.7 cm³/mol. The van der Waals surface area contributed by atoms with Gasteiger partial charge in [-0.25, -0.2) is 4.79 Å². The number of hydrogen-bond acceptors (Lipinski definition) is 5. The van der Waals surface area contributed by atoms with Crippen LogP contribution in [-0.2, 0) is 11.3 Å². The van der Waals surface area contributed by atoms with Crippen molar-refractivity contribution < 1.29 is 19.0 Å². The quantitative estimate of drug-likeness (QED) is 0.801. The van der Waals surface area contributed by atoms with E-state index >= 15 is 0 Å². The Morgan fingerprint density at radius 1 is 1.43 bits per heavy atom. The fourth-order valence-electron chi connectivity index (χ4n) is 1.97. The molecule has 1 atom stereocenters. The van der Waals surface area contributed by atoms with Crippen molar-refractivity contribution in [3.05, 3.63) is 23.8 Å². The summed E-state index contributed by atoms with van der Waals surface area (Å²) in [5, 5.41) is 5.95. The minimum absolute atomic E-state index is 0.264. The van der Waals surface area contributed by atoms with E-state index in [0.29, 0.717) is 30.7 Å². The van der Waals surface area contributed by atoms with Gasteiger partial charge in [0.25, 0.3) is 0 Å². The van der Waals surface area contributed by atoms with Gasteiger partial charge in [0, 0.05) is 12.6 Å². The molecule has 0 aromatic heterocycles. The maximum Gasteiger partial charge on any atom is 0.407 e. The molecule has 1 heterocycles. The van der Waals surface area contributed by atoms with Crippen LogP contribution in [-0.4, -0.2) is 38.5 Å². The molecule has 21 heavy (non-hydrogen) atoms. The zero-order valence-corrected chi connectivity index (χ0v) is 12.6. The first kappa shape index (κ1) is 15.4. The number of alkyl carbamates (subject to hydrolysis) is 1. The van der Waals surface area contributed by atoms with E-state index in [4.69, 9.17) is 14.2 Å². The van der Waals surface area contributed by atoms with Crippen molar-refractivity contribution in [2.24, 2.45) is 0 Å². The fourth-order valence-corrected chi connectivity index (χ4v) is 1.97. The average Bonchev–Trinajstić information content (AvgIpc) is 2.88. The van der Waals surface area contributed by atoms with Gasteiger partial charge in [-0.1, -0.05) is 19.9 Å². The highest BCUT2D eigenvalue weighted by atomic mass is 16.6. The van der Waals surface area contributed by atoms with Gasteiger partial charge >= 0.3 is 6.09 Å². The van der Waals surface area contributed by atoms with Crippen LogP contribution in [0.15, 0.2) is 18.2 Å². The van der Waals surface area contributed by atoms with Crippen molar-refractivity contribution in [1.29, 1.82) is 0 Å². The highest BCUT2D eigenvalue weighted by molar-refractivity contribution is 5.69. The van der Waals surface area contributed by atoms with E-state index in [1.165, 1.54) is 0 Å². The second kappa shape index (κ2) is 7.17. The first-order chi connectivity index (χ1) is 10.1. The van der Waals surface area contributed by atoms with Crippen molar-refractivity contribution in [2.75, 3.05) is 20.3 Å². The number of rotatable bonds is 7. The number of ether oxygens (including phenoxy) is 3. The summed E-state index contributed by atoms with van der Waals surface area (Å²) in [6.45, 7) is 5.73. The van der Waals surface area contributed by atoms with Crippen LogP contribution < -0.4 is 20.1 Å². The lowest BCUT2D eigenvalue weighted by Gasteiger charge is -2.15. The van der Waals surface area contributed by atoms with Gasteiger partial charge in [-0.3, -0.25) is 0 Å². The molecule has 6 nitrogen and oxygen atoms in total. The van der Waals surface area contributed by atoms with E-state index in [-0.39, 0.29) is 6.10 Å². The number of hydrogen-bond donors (Lipinski definition) is 2. The molecule has 1 aliphatic rings. The first-order valence-electron chi connectivity index (χ1n) is 7.06. The SMILES string of the molecule is COc1ccc(CNC(C)C)cc1OCC1CNC(=O)O1. The van der Waals surface area contributed by atoms with Crippen LogP contribution in [0.5, 0.6) is 11.5 Å². The van der Waals surface area contributed by atoms with Gasteiger partial charge < -0.3 is 24.8 Å². The molecule has 1 aromatic carbocycles. The van der Waals surface area contributed by atoms with Gasteiger partial charge in [0.05, 0.1) is 13.7 Å². The first-order valence-corrected chi connectivity index (χ1v) is 7.06. The molecule has 1 saturated heterocycles. The molecule has 0 radical (unpaired) electrons. The Morgan fingerprint density at radius 3 is 2.86 bits per heavy atom. The number of carbonyl (C=O) groups is 1. The van der Waals surface area contributed by atoms with Crippen LogP contribution in [0, 0.1) is 0 Å². The highest BCUT2D eigenvalue weighted by Crippen LogP contribution is 2.28. The lowest BCUT2D eigenvalue weighted by Crippen LogP contribution is -2.23. The van der Waals surface area contributed by atoms with E-state index in [9.17, 15) is 4.79 Å². The molecule has 0 saturated carbocycles.